The van der Waals surface area contributed by atoms with E-state index in [1.807, 2.05) is 49.4 Å². The summed E-state index contributed by atoms with van der Waals surface area (Å²) in [6, 6.07) is 19.0. The van der Waals surface area contributed by atoms with Crippen LogP contribution in [0.5, 0.6) is 5.06 Å². The first-order valence-corrected chi connectivity index (χ1v) is 11.2. The smallest absolute Gasteiger partial charge is 0.399 e. The summed E-state index contributed by atoms with van der Waals surface area (Å²) in [6.07, 6.45) is -0.582. The van der Waals surface area contributed by atoms with Crippen molar-refractivity contribution in [2.45, 2.75) is 6.92 Å². The first kappa shape index (κ1) is 22.0. The zero-order chi connectivity index (χ0) is 22.3. The standard InChI is InChI=1S/C24H25N3O4S/c1-17-7-8-19(15-20(17)26-22(28)16-27-11-13-30-14-12-27)25-24(29)31-23-10-9-21(32-23)18-5-3-2-4-6-18/h2-10,15H,11-14,16H2,1H3,(H,25,29)(H,26,28). The van der Waals surface area contributed by atoms with Crippen LogP contribution in [-0.2, 0) is 9.53 Å². The van der Waals surface area contributed by atoms with Gasteiger partial charge in [0.05, 0.1) is 19.8 Å². The lowest BCUT2D eigenvalue weighted by molar-refractivity contribution is -0.118. The fraction of sp³-hybridized carbons (Fsp3) is 0.250. The van der Waals surface area contributed by atoms with Crippen LogP contribution < -0.4 is 15.4 Å². The van der Waals surface area contributed by atoms with Gasteiger partial charge in [0.25, 0.3) is 0 Å². The molecule has 2 N–H and O–H groups in total. The highest BCUT2D eigenvalue weighted by Crippen LogP contribution is 2.33. The number of hydrogen-bond acceptors (Lipinski definition) is 6. The third kappa shape index (κ3) is 5.94. The normalized spacial score (nSPS) is 14.0. The van der Waals surface area contributed by atoms with E-state index in [0.29, 0.717) is 36.2 Å². The van der Waals surface area contributed by atoms with Crippen LogP contribution >= 0.6 is 11.3 Å². The first-order valence-electron chi connectivity index (χ1n) is 10.4. The molecule has 2 heterocycles. The summed E-state index contributed by atoms with van der Waals surface area (Å²) in [7, 11) is 0. The predicted molar refractivity (Wildman–Crippen MR) is 126 cm³/mol. The number of carbonyl (C=O) groups excluding carboxylic acids is 2. The fourth-order valence-electron chi connectivity index (χ4n) is 3.35. The largest absolute Gasteiger partial charge is 0.417 e. The van der Waals surface area contributed by atoms with Crippen molar-refractivity contribution in [1.82, 2.24) is 4.90 Å². The number of rotatable bonds is 6. The van der Waals surface area contributed by atoms with E-state index in [0.717, 1.165) is 29.1 Å². The molecule has 0 bridgehead atoms. The third-order valence-electron chi connectivity index (χ3n) is 5.06. The number of benzene rings is 2. The molecule has 0 saturated carbocycles. The van der Waals surface area contributed by atoms with E-state index in [4.69, 9.17) is 9.47 Å². The zero-order valence-electron chi connectivity index (χ0n) is 17.8. The summed E-state index contributed by atoms with van der Waals surface area (Å²) in [4.78, 5) is 27.9. The predicted octanol–water partition coefficient (Wildman–Crippen LogP) is 4.61. The monoisotopic (exact) mass is 451 g/mol. The average Bonchev–Trinajstić information content (AvgIpc) is 3.25. The number of aryl methyl sites for hydroxylation is 1. The maximum Gasteiger partial charge on any atom is 0.417 e. The van der Waals surface area contributed by atoms with Crippen LogP contribution in [0.15, 0.2) is 60.7 Å². The Morgan fingerprint density at radius 1 is 1.03 bits per heavy atom. The number of morpholine rings is 1. The molecular formula is C24H25N3O4S. The van der Waals surface area contributed by atoms with Gasteiger partial charge in [0.15, 0.2) is 5.06 Å². The average molecular weight is 452 g/mol. The second-order valence-electron chi connectivity index (χ2n) is 7.47. The zero-order valence-corrected chi connectivity index (χ0v) is 18.6. The Morgan fingerprint density at radius 2 is 1.81 bits per heavy atom. The van der Waals surface area contributed by atoms with Crippen molar-refractivity contribution in [3.8, 4) is 15.5 Å². The Hall–Kier alpha value is -3.20. The fourth-order valence-corrected chi connectivity index (χ4v) is 4.21. The Balaban J connectivity index is 1.34. The molecule has 0 unspecified atom stereocenters. The number of thiophene rings is 1. The van der Waals surface area contributed by atoms with E-state index in [1.54, 1.807) is 18.2 Å². The number of nitrogens with zero attached hydrogens (tertiary/aromatic N) is 1. The minimum Gasteiger partial charge on any atom is -0.399 e. The molecule has 166 valence electrons. The van der Waals surface area contributed by atoms with Crippen molar-refractivity contribution in [3.05, 3.63) is 66.2 Å². The molecule has 7 nitrogen and oxygen atoms in total. The highest BCUT2D eigenvalue weighted by atomic mass is 32.1. The molecule has 1 aliphatic heterocycles. The molecule has 0 aliphatic carbocycles. The molecule has 1 fully saturated rings. The Kier molecular flexibility index (Phi) is 7.16. The van der Waals surface area contributed by atoms with Gasteiger partial charge in [-0.2, -0.15) is 0 Å². The molecule has 32 heavy (non-hydrogen) atoms. The minimum absolute atomic E-state index is 0.0956. The van der Waals surface area contributed by atoms with Crippen LogP contribution in [0.4, 0.5) is 16.2 Å². The van der Waals surface area contributed by atoms with Gasteiger partial charge in [-0.15, -0.1) is 0 Å². The molecule has 0 radical (unpaired) electrons. The third-order valence-corrected chi connectivity index (χ3v) is 6.07. The van der Waals surface area contributed by atoms with Crippen LogP contribution in [0, 0.1) is 6.92 Å². The Bertz CT molecular complexity index is 1080. The lowest BCUT2D eigenvalue weighted by Gasteiger charge is -2.26. The van der Waals surface area contributed by atoms with E-state index in [9.17, 15) is 9.59 Å². The highest BCUT2D eigenvalue weighted by Gasteiger charge is 2.15. The number of nitrogens with one attached hydrogen (secondary N) is 2. The van der Waals surface area contributed by atoms with E-state index in [2.05, 4.69) is 15.5 Å². The molecule has 3 aromatic rings. The molecule has 2 aromatic carbocycles. The lowest BCUT2D eigenvalue weighted by Crippen LogP contribution is -2.41. The van der Waals surface area contributed by atoms with Gasteiger partial charge in [0, 0.05) is 29.3 Å². The summed E-state index contributed by atoms with van der Waals surface area (Å²) in [5.41, 5.74) is 3.18. The van der Waals surface area contributed by atoms with Crippen LogP contribution in [0.1, 0.15) is 5.56 Å². The van der Waals surface area contributed by atoms with Gasteiger partial charge in [-0.25, -0.2) is 4.79 Å². The van der Waals surface area contributed by atoms with Crippen molar-refractivity contribution < 1.29 is 19.1 Å². The van der Waals surface area contributed by atoms with Gasteiger partial charge in [-0.1, -0.05) is 47.7 Å². The Morgan fingerprint density at radius 3 is 2.59 bits per heavy atom. The molecule has 1 aromatic heterocycles. The molecule has 1 saturated heterocycles. The number of ether oxygens (including phenoxy) is 2. The SMILES string of the molecule is Cc1ccc(NC(=O)Oc2ccc(-c3ccccc3)s2)cc1NC(=O)CN1CCOCC1. The van der Waals surface area contributed by atoms with Crippen LogP contribution in [0.2, 0.25) is 0 Å². The molecular weight excluding hydrogens is 426 g/mol. The van der Waals surface area contributed by atoms with Crippen LogP contribution in [0.3, 0.4) is 0 Å². The molecule has 1 aliphatic rings. The Labute approximate surface area is 191 Å². The van der Waals surface area contributed by atoms with Crippen molar-refractivity contribution >= 4 is 34.7 Å². The molecule has 4 rings (SSSR count). The van der Waals surface area contributed by atoms with Gasteiger partial charge in [-0.05, 0) is 42.3 Å². The van der Waals surface area contributed by atoms with Crippen molar-refractivity contribution in [1.29, 1.82) is 0 Å². The van der Waals surface area contributed by atoms with E-state index in [-0.39, 0.29) is 5.91 Å². The summed E-state index contributed by atoms with van der Waals surface area (Å²) >= 11 is 1.40. The lowest BCUT2D eigenvalue weighted by atomic mass is 10.1. The number of anilines is 2. The molecule has 0 atom stereocenters. The van der Waals surface area contributed by atoms with E-state index < -0.39 is 6.09 Å². The van der Waals surface area contributed by atoms with Crippen molar-refractivity contribution in [2.75, 3.05) is 43.5 Å². The van der Waals surface area contributed by atoms with Crippen LogP contribution in [-0.4, -0.2) is 49.7 Å². The van der Waals surface area contributed by atoms with Crippen molar-refractivity contribution in [2.24, 2.45) is 0 Å². The van der Waals surface area contributed by atoms with Gasteiger partial charge >= 0.3 is 6.09 Å². The summed E-state index contributed by atoms with van der Waals surface area (Å²) in [6.45, 7) is 4.99. The second kappa shape index (κ2) is 10.4. The van der Waals surface area contributed by atoms with E-state index in [1.165, 1.54) is 11.3 Å². The maximum absolute atomic E-state index is 12.4. The first-order chi connectivity index (χ1) is 15.6. The van der Waals surface area contributed by atoms with E-state index >= 15 is 0 Å². The highest BCUT2D eigenvalue weighted by molar-refractivity contribution is 7.17. The summed E-state index contributed by atoms with van der Waals surface area (Å²) < 4.78 is 10.7. The molecule has 0 spiro atoms. The van der Waals surface area contributed by atoms with Gasteiger partial charge in [0.2, 0.25) is 5.91 Å². The maximum atomic E-state index is 12.4. The quantitative estimate of drug-likeness (QED) is 0.572. The van der Waals surface area contributed by atoms with Crippen LogP contribution in [0.25, 0.3) is 10.4 Å². The number of carbonyl (C=O) groups is 2. The number of amides is 2. The van der Waals surface area contributed by atoms with Crippen molar-refractivity contribution in [3.63, 3.8) is 0 Å². The molecule has 8 heteroatoms. The van der Waals surface area contributed by atoms with Gasteiger partial charge in [-0.3, -0.25) is 15.0 Å². The van der Waals surface area contributed by atoms with Gasteiger partial charge < -0.3 is 14.8 Å². The van der Waals surface area contributed by atoms with Gasteiger partial charge in [0.1, 0.15) is 0 Å². The number of hydrogen-bond donors (Lipinski definition) is 2. The topological polar surface area (TPSA) is 79.9 Å². The summed E-state index contributed by atoms with van der Waals surface area (Å²) in [5.74, 6) is -0.0956. The second-order valence-corrected chi connectivity index (χ2v) is 8.51. The minimum atomic E-state index is -0.582. The molecule has 2 amide bonds. The summed E-state index contributed by atoms with van der Waals surface area (Å²) in [5, 5.41) is 6.17.